The number of aromatic nitrogens is 1. The molecule has 22 heavy (non-hydrogen) atoms. The number of ether oxygens (including phenoxy) is 1. The van der Waals surface area contributed by atoms with Crippen LogP contribution < -0.4 is 5.32 Å². The van der Waals surface area contributed by atoms with Gasteiger partial charge in [0.25, 0.3) is 0 Å². The fraction of sp³-hybridized carbons (Fsp3) is 0.647. The molecule has 1 saturated heterocycles. The van der Waals surface area contributed by atoms with E-state index < -0.39 is 5.60 Å². The molecule has 2 rings (SSSR count). The Bertz CT molecular complexity index is 484. The van der Waals surface area contributed by atoms with Crippen molar-refractivity contribution in [2.45, 2.75) is 58.2 Å². The van der Waals surface area contributed by atoms with Gasteiger partial charge >= 0.3 is 6.09 Å². The van der Waals surface area contributed by atoms with E-state index in [-0.39, 0.29) is 6.09 Å². The Morgan fingerprint density at radius 2 is 2.14 bits per heavy atom. The first-order chi connectivity index (χ1) is 10.4. The SMILES string of the molecule is CC[C@@H](N[C@H]1CCN(C(=O)OC(C)(C)C)C1)c1ccncc1. The van der Waals surface area contributed by atoms with Crippen LogP contribution in [0.3, 0.4) is 0 Å². The number of nitrogens with one attached hydrogen (secondary N) is 1. The first-order valence-electron chi connectivity index (χ1n) is 8.03. The fourth-order valence-corrected chi connectivity index (χ4v) is 2.72. The molecule has 0 unspecified atom stereocenters. The van der Waals surface area contributed by atoms with E-state index in [0.29, 0.717) is 18.6 Å². The Balaban J connectivity index is 1.89. The normalized spacial score (nSPS) is 20.0. The van der Waals surface area contributed by atoms with Crippen LogP contribution in [0.15, 0.2) is 24.5 Å². The van der Waals surface area contributed by atoms with Gasteiger partial charge in [0.1, 0.15) is 5.60 Å². The number of carbonyl (C=O) groups excluding carboxylic acids is 1. The van der Waals surface area contributed by atoms with E-state index in [1.807, 2.05) is 45.3 Å². The second kappa shape index (κ2) is 7.09. The zero-order valence-electron chi connectivity index (χ0n) is 14.0. The fourth-order valence-electron chi connectivity index (χ4n) is 2.72. The van der Waals surface area contributed by atoms with Crippen LogP contribution in [-0.4, -0.2) is 40.7 Å². The van der Waals surface area contributed by atoms with Crippen molar-refractivity contribution >= 4 is 6.09 Å². The summed E-state index contributed by atoms with van der Waals surface area (Å²) in [4.78, 5) is 18.0. The third kappa shape index (κ3) is 4.70. The number of rotatable bonds is 4. The van der Waals surface area contributed by atoms with Gasteiger partial charge in [-0.15, -0.1) is 0 Å². The molecule has 2 heterocycles. The molecular formula is C17H27N3O2. The standard InChI is InChI=1S/C17H27N3O2/c1-5-15(13-6-9-18-10-7-13)19-14-8-11-20(12-14)16(21)22-17(2,3)4/h6-7,9-10,14-15,19H,5,8,11-12H2,1-4H3/t14-,15+/m0/s1. The van der Waals surface area contributed by atoms with Crippen molar-refractivity contribution in [3.63, 3.8) is 0 Å². The topological polar surface area (TPSA) is 54.5 Å². The molecule has 0 bridgehead atoms. The number of likely N-dealkylation sites (tertiary alicyclic amines) is 1. The van der Waals surface area contributed by atoms with Crippen molar-refractivity contribution in [3.05, 3.63) is 30.1 Å². The molecule has 0 saturated carbocycles. The predicted octanol–water partition coefficient (Wildman–Crippen LogP) is 3.13. The highest BCUT2D eigenvalue weighted by Gasteiger charge is 2.30. The van der Waals surface area contributed by atoms with Crippen LogP contribution in [0, 0.1) is 0 Å². The van der Waals surface area contributed by atoms with Crippen LogP contribution >= 0.6 is 0 Å². The molecule has 1 aromatic heterocycles. The zero-order chi connectivity index (χ0) is 16.2. The van der Waals surface area contributed by atoms with Crippen LogP contribution in [0.2, 0.25) is 0 Å². The molecule has 0 spiro atoms. The van der Waals surface area contributed by atoms with Gasteiger partial charge < -0.3 is 15.0 Å². The first kappa shape index (κ1) is 16.7. The van der Waals surface area contributed by atoms with Crippen molar-refractivity contribution in [2.75, 3.05) is 13.1 Å². The Kier molecular flexibility index (Phi) is 5.40. The second-order valence-corrected chi connectivity index (χ2v) is 6.82. The van der Waals surface area contributed by atoms with Crippen molar-refractivity contribution in [3.8, 4) is 0 Å². The van der Waals surface area contributed by atoms with Crippen LogP contribution in [0.25, 0.3) is 0 Å². The number of nitrogens with zero attached hydrogens (tertiary/aromatic N) is 2. The predicted molar refractivity (Wildman–Crippen MR) is 86.6 cm³/mol. The minimum absolute atomic E-state index is 0.214. The molecule has 5 nitrogen and oxygen atoms in total. The molecule has 0 aliphatic carbocycles. The highest BCUT2D eigenvalue weighted by atomic mass is 16.6. The summed E-state index contributed by atoms with van der Waals surface area (Å²) in [7, 11) is 0. The summed E-state index contributed by atoms with van der Waals surface area (Å²) < 4.78 is 5.44. The van der Waals surface area contributed by atoms with E-state index in [9.17, 15) is 4.79 Å². The van der Waals surface area contributed by atoms with E-state index >= 15 is 0 Å². The Morgan fingerprint density at radius 3 is 2.73 bits per heavy atom. The molecule has 0 radical (unpaired) electrons. The highest BCUT2D eigenvalue weighted by Crippen LogP contribution is 2.20. The summed E-state index contributed by atoms with van der Waals surface area (Å²) in [5.41, 5.74) is 0.805. The molecule has 122 valence electrons. The van der Waals surface area contributed by atoms with Crippen LogP contribution in [0.5, 0.6) is 0 Å². The van der Waals surface area contributed by atoms with E-state index in [1.54, 1.807) is 4.90 Å². The Labute approximate surface area is 133 Å². The lowest BCUT2D eigenvalue weighted by Crippen LogP contribution is -2.39. The highest BCUT2D eigenvalue weighted by molar-refractivity contribution is 5.68. The molecule has 1 amide bonds. The lowest BCUT2D eigenvalue weighted by atomic mass is 10.0. The zero-order valence-corrected chi connectivity index (χ0v) is 14.0. The third-order valence-corrected chi connectivity index (χ3v) is 3.79. The molecule has 0 aromatic carbocycles. The number of amides is 1. The van der Waals surface area contributed by atoms with E-state index in [1.165, 1.54) is 5.56 Å². The maximum Gasteiger partial charge on any atom is 0.410 e. The van der Waals surface area contributed by atoms with Gasteiger partial charge in [-0.1, -0.05) is 6.92 Å². The van der Waals surface area contributed by atoms with Crippen LogP contribution in [0.4, 0.5) is 4.79 Å². The molecule has 1 aliphatic rings. The Morgan fingerprint density at radius 1 is 1.45 bits per heavy atom. The van der Waals surface area contributed by atoms with Gasteiger partial charge in [0, 0.05) is 37.6 Å². The van der Waals surface area contributed by atoms with Crippen molar-refractivity contribution in [2.24, 2.45) is 0 Å². The average molecular weight is 305 g/mol. The van der Waals surface area contributed by atoms with E-state index in [0.717, 1.165) is 19.4 Å². The van der Waals surface area contributed by atoms with E-state index in [2.05, 4.69) is 17.2 Å². The summed E-state index contributed by atoms with van der Waals surface area (Å²) >= 11 is 0. The number of carbonyl (C=O) groups is 1. The van der Waals surface area contributed by atoms with Crippen LogP contribution in [-0.2, 0) is 4.74 Å². The summed E-state index contributed by atoms with van der Waals surface area (Å²) in [6, 6.07) is 4.70. The quantitative estimate of drug-likeness (QED) is 0.928. The monoisotopic (exact) mass is 305 g/mol. The second-order valence-electron chi connectivity index (χ2n) is 6.82. The summed E-state index contributed by atoms with van der Waals surface area (Å²) in [5, 5.41) is 3.65. The van der Waals surface area contributed by atoms with Gasteiger partial charge in [0.05, 0.1) is 0 Å². The third-order valence-electron chi connectivity index (χ3n) is 3.79. The van der Waals surface area contributed by atoms with Gasteiger partial charge in [-0.05, 0) is 51.3 Å². The van der Waals surface area contributed by atoms with Gasteiger partial charge in [-0.2, -0.15) is 0 Å². The minimum atomic E-state index is -0.439. The lowest BCUT2D eigenvalue weighted by molar-refractivity contribution is 0.0290. The van der Waals surface area contributed by atoms with Gasteiger partial charge in [-0.25, -0.2) is 4.79 Å². The van der Waals surface area contributed by atoms with Gasteiger partial charge in [-0.3, -0.25) is 4.98 Å². The molecule has 1 fully saturated rings. The summed E-state index contributed by atoms with van der Waals surface area (Å²) in [6.07, 6.45) is 5.39. The molecule has 1 aromatic rings. The number of hydrogen-bond acceptors (Lipinski definition) is 4. The summed E-state index contributed by atoms with van der Waals surface area (Å²) in [6.45, 7) is 9.31. The van der Waals surface area contributed by atoms with Gasteiger partial charge in [0.2, 0.25) is 0 Å². The van der Waals surface area contributed by atoms with Crippen molar-refractivity contribution in [1.82, 2.24) is 15.2 Å². The molecular weight excluding hydrogens is 278 g/mol. The average Bonchev–Trinajstić information content (AvgIpc) is 2.92. The minimum Gasteiger partial charge on any atom is -0.444 e. The maximum atomic E-state index is 12.1. The number of pyridine rings is 1. The molecule has 1 aliphatic heterocycles. The van der Waals surface area contributed by atoms with Gasteiger partial charge in [0.15, 0.2) is 0 Å². The summed E-state index contributed by atoms with van der Waals surface area (Å²) in [5.74, 6) is 0. The lowest BCUT2D eigenvalue weighted by Gasteiger charge is -2.25. The smallest absolute Gasteiger partial charge is 0.410 e. The Hall–Kier alpha value is -1.62. The number of hydrogen-bond donors (Lipinski definition) is 1. The first-order valence-corrected chi connectivity index (χ1v) is 8.03. The molecule has 1 N–H and O–H groups in total. The largest absolute Gasteiger partial charge is 0.444 e. The van der Waals surface area contributed by atoms with Crippen molar-refractivity contribution < 1.29 is 9.53 Å². The van der Waals surface area contributed by atoms with Crippen LogP contribution in [0.1, 0.15) is 52.1 Å². The maximum absolute atomic E-state index is 12.1. The molecule has 5 heteroatoms. The van der Waals surface area contributed by atoms with E-state index in [4.69, 9.17) is 4.74 Å². The van der Waals surface area contributed by atoms with Crippen molar-refractivity contribution in [1.29, 1.82) is 0 Å². The molecule has 2 atom stereocenters.